The summed E-state index contributed by atoms with van der Waals surface area (Å²) in [5.41, 5.74) is 13.3. The zero-order valence-electron chi connectivity index (χ0n) is 15.6. The third kappa shape index (κ3) is 4.15. The van der Waals surface area contributed by atoms with Crippen LogP contribution in [0, 0.1) is 5.82 Å². The maximum absolute atomic E-state index is 14.5. The van der Waals surface area contributed by atoms with E-state index in [2.05, 4.69) is 25.6 Å². The van der Waals surface area contributed by atoms with E-state index >= 15 is 0 Å². The number of halogens is 1. The van der Waals surface area contributed by atoms with E-state index in [1.807, 2.05) is 13.8 Å². The molecule has 3 aromatic rings. The molecule has 0 aliphatic rings. The van der Waals surface area contributed by atoms with E-state index in [0.29, 0.717) is 17.6 Å². The van der Waals surface area contributed by atoms with Crippen LogP contribution in [0.1, 0.15) is 30.6 Å². The molecule has 2 atom stereocenters. The van der Waals surface area contributed by atoms with E-state index in [-0.39, 0.29) is 29.3 Å². The van der Waals surface area contributed by atoms with E-state index in [1.54, 1.807) is 30.6 Å². The van der Waals surface area contributed by atoms with Crippen molar-refractivity contribution in [1.29, 1.82) is 0 Å². The number of hydrogen-bond donors (Lipinski definition) is 4. The number of aromatic nitrogens is 3. The molecule has 0 aliphatic carbocycles. The Labute approximate surface area is 161 Å². The van der Waals surface area contributed by atoms with Crippen molar-refractivity contribution in [2.24, 2.45) is 11.5 Å². The highest BCUT2D eigenvalue weighted by molar-refractivity contribution is 5.98. The molecular formula is C19H22FN7O. The summed E-state index contributed by atoms with van der Waals surface area (Å²) in [7, 11) is 0. The lowest BCUT2D eigenvalue weighted by atomic mass is 10.1. The molecule has 1 amide bonds. The number of carbonyl (C=O) groups is 1. The highest BCUT2D eigenvalue weighted by atomic mass is 19.1. The number of amides is 1. The number of rotatable bonds is 7. The van der Waals surface area contributed by atoms with Crippen LogP contribution in [0.25, 0.3) is 11.0 Å². The number of nitrogens with two attached hydrogens (primary N) is 2. The summed E-state index contributed by atoms with van der Waals surface area (Å²) in [5, 5.41) is 6.01. The van der Waals surface area contributed by atoms with Crippen LogP contribution >= 0.6 is 0 Å². The number of anilines is 3. The summed E-state index contributed by atoms with van der Waals surface area (Å²) in [5.74, 6) is -1.33. The molecule has 0 bridgehead atoms. The fraction of sp³-hybridized carbons (Fsp3) is 0.263. The summed E-state index contributed by atoms with van der Waals surface area (Å²) in [4.78, 5) is 24.5. The van der Waals surface area contributed by atoms with Crippen molar-refractivity contribution in [3.05, 3.63) is 48.0 Å². The Hall–Kier alpha value is -3.33. The molecule has 0 unspecified atom stereocenters. The van der Waals surface area contributed by atoms with Crippen molar-refractivity contribution in [2.45, 2.75) is 32.4 Å². The van der Waals surface area contributed by atoms with Gasteiger partial charge in [-0.15, -0.1) is 0 Å². The van der Waals surface area contributed by atoms with Crippen molar-refractivity contribution in [3.8, 4) is 0 Å². The smallest absolute Gasteiger partial charge is 0.252 e. The highest BCUT2D eigenvalue weighted by Crippen LogP contribution is 2.25. The summed E-state index contributed by atoms with van der Waals surface area (Å²) in [6.07, 6.45) is 3.86. The second-order valence-electron chi connectivity index (χ2n) is 6.48. The van der Waals surface area contributed by atoms with Crippen LogP contribution in [0.15, 0.2) is 36.7 Å². The molecular weight excluding hydrogens is 361 g/mol. The van der Waals surface area contributed by atoms with Gasteiger partial charge in [-0.2, -0.15) is 0 Å². The summed E-state index contributed by atoms with van der Waals surface area (Å²) in [6.45, 7) is 3.76. The van der Waals surface area contributed by atoms with Gasteiger partial charge in [0.05, 0.1) is 16.6 Å². The Kier molecular flexibility index (Phi) is 5.65. The number of pyridine rings is 1. The molecule has 0 aliphatic heterocycles. The number of nitrogens with zero attached hydrogens (tertiary/aromatic N) is 3. The summed E-state index contributed by atoms with van der Waals surface area (Å²) < 4.78 is 14.5. The van der Waals surface area contributed by atoms with Crippen molar-refractivity contribution in [3.63, 3.8) is 0 Å². The SMILES string of the molecule is CC[C@@H](Nc1nc(Nc2ccc3nccnc3c2)c(C(N)=O)cc1F)[C@H](C)N. The van der Waals surface area contributed by atoms with Gasteiger partial charge < -0.3 is 22.1 Å². The first-order valence-corrected chi connectivity index (χ1v) is 8.89. The molecule has 3 rings (SSSR count). The van der Waals surface area contributed by atoms with Crippen LogP contribution in [0.3, 0.4) is 0 Å². The summed E-state index contributed by atoms with van der Waals surface area (Å²) in [6, 6.07) is 5.97. The van der Waals surface area contributed by atoms with Gasteiger partial charge in [0.15, 0.2) is 11.6 Å². The van der Waals surface area contributed by atoms with E-state index in [1.165, 1.54) is 0 Å². The Morgan fingerprint density at radius 3 is 2.54 bits per heavy atom. The minimum absolute atomic E-state index is 0.00256. The van der Waals surface area contributed by atoms with Crippen molar-refractivity contribution in [1.82, 2.24) is 15.0 Å². The van der Waals surface area contributed by atoms with Crippen LogP contribution < -0.4 is 22.1 Å². The van der Waals surface area contributed by atoms with Gasteiger partial charge in [-0.3, -0.25) is 14.8 Å². The first kappa shape index (κ1) is 19.4. The van der Waals surface area contributed by atoms with Crippen molar-refractivity contribution >= 4 is 34.3 Å². The number of hydrogen-bond acceptors (Lipinski definition) is 7. The maximum atomic E-state index is 14.5. The molecule has 0 saturated carbocycles. The van der Waals surface area contributed by atoms with E-state index in [4.69, 9.17) is 11.5 Å². The predicted octanol–water partition coefficient (Wildman–Crippen LogP) is 2.54. The van der Waals surface area contributed by atoms with Crippen LogP contribution in [0.4, 0.5) is 21.7 Å². The minimum Gasteiger partial charge on any atom is -0.365 e. The van der Waals surface area contributed by atoms with Gasteiger partial charge in [-0.25, -0.2) is 9.37 Å². The topological polar surface area (TPSA) is 132 Å². The fourth-order valence-electron chi connectivity index (χ4n) is 2.83. The minimum atomic E-state index is -0.791. The monoisotopic (exact) mass is 383 g/mol. The number of fused-ring (bicyclic) bond motifs is 1. The average Bonchev–Trinajstić information content (AvgIpc) is 2.67. The van der Waals surface area contributed by atoms with E-state index in [0.717, 1.165) is 11.6 Å². The number of benzene rings is 1. The largest absolute Gasteiger partial charge is 0.365 e. The van der Waals surface area contributed by atoms with Gasteiger partial charge >= 0.3 is 0 Å². The van der Waals surface area contributed by atoms with E-state index < -0.39 is 11.7 Å². The molecule has 6 N–H and O–H groups in total. The second-order valence-corrected chi connectivity index (χ2v) is 6.48. The van der Waals surface area contributed by atoms with Crippen LogP contribution in [-0.2, 0) is 0 Å². The third-order valence-electron chi connectivity index (χ3n) is 4.37. The molecule has 2 heterocycles. The molecule has 9 heteroatoms. The zero-order valence-corrected chi connectivity index (χ0v) is 15.6. The molecule has 28 heavy (non-hydrogen) atoms. The molecule has 0 radical (unpaired) electrons. The van der Waals surface area contributed by atoms with Gasteiger partial charge in [0.2, 0.25) is 0 Å². The molecule has 0 spiro atoms. The van der Waals surface area contributed by atoms with Crippen molar-refractivity contribution in [2.75, 3.05) is 10.6 Å². The molecule has 0 saturated heterocycles. The fourth-order valence-corrected chi connectivity index (χ4v) is 2.83. The first-order valence-electron chi connectivity index (χ1n) is 8.89. The molecule has 1 aromatic carbocycles. The Morgan fingerprint density at radius 2 is 1.89 bits per heavy atom. The standard InChI is InChI=1S/C19H22FN7O/c1-3-14(10(2)21)26-19-13(20)9-12(17(22)28)18(27-19)25-11-4-5-15-16(8-11)24-7-6-23-15/h4-10,14H,3,21H2,1-2H3,(H2,22,28)(H2,25,26,27)/t10-,14+/m0/s1. The lowest BCUT2D eigenvalue weighted by Crippen LogP contribution is -2.38. The first-order chi connectivity index (χ1) is 13.4. The predicted molar refractivity (Wildman–Crippen MR) is 107 cm³/mol. The van der Waals surface area contributed by atoms with E-state index in [9.17, 15) is 9.18 Å². The van der Waals surface area contributed by atoms with Crippen LogP contribution in [-0.4, -0.2) is 32.9 Å². The van der Waals surface area contributed by atoms with Gasteiger partial charge in [0, 0.05) is 30.2 Å². The van der Waals surface area contributed by atoms with Gasteiger partial charge in [0.25, 0.3) is 5.91 Å². The van der Waals surface area contributed by atoms with Crippen molar-refractivity contribution < 1.29 is 9.18 Å². The molecule has 8 nitrogen and oxygen atoms in total. The Morgan fingerprint density at radius 1 is 1.18 bits per heavy atom. The third-order valence-corrected chi connectivity index (χ3v) is 4.37. The normalized spacial score (nSPS) is 13.1. The van der Waals surface area contributed by atoms with Gasteiger partial charge in [-0.05, 0) is 37.6 Å². The number of carbonyl (C=O) groups excluding carboxylic acids is 1. The second kappa shape index (κ2) is 8.13. The lowest BCUT2D eigenvalue weighted by molar-refractivity contribution is 0.100. The average molecular weight is 383 g/mol. The Balaban J connectivity index is 1.99. The van der Waals surface area contributed by atoms with Crippen LogP contribution in [0.2, 0.25) is 0 Å². The molecule has 146 valence electrons. The molecule has 2 aromatic heterocycles. The van der Waals surface area contributed by atoms with Crippen LogP contribution in [0.5, 0.6) is 0 Å². The lowest BCUT2D eigenvalue weighted by Gasteiger charge is -2.22. The summed E-state index contributed by atoms with van der Waals surface area (Å²) >= 11 is 0. The van der Waals surface area contributed by atoms with Gasteiger partial charge in [-0.1, -0.05) is 6.92 Å². The molecule has 0 fully saturated rings. The van der Waals surface area contributed by atoms with Gasteiger partial charge in [0.1, 0.15) is 5.82 Å². The Bertz CT molecular complexity index is 1010. The maximum Gasteiger partial charge on any atom is 0.252 e. The quantitative estimate of drug-likeness (QED) is 0.493. The number of primary amides is 1. The number of nitrogens with one attached hydrogen (secondary N) is 2. The zero-order chi connectivity index (χ0) is 20.3. The highest BCUT2D eigenvalue weighted by Gasteiger charge is 2.19.